The molecule has 1 unspecified atom stereocenters. The number of anilines is 1. The van der Waals surface area contributed by atoms with E-state index in [-0.39, 0.29) is 11.3 Å². The van der Waals surface area contributed by atoms with Crippen molar-refractivity contribution in [2.24, 2.45) is 5.73 Å². The van der Waals surface area contributed by atoms with Crippen LogP contribution in [-0.2, 0) is 4.79 Å². The van der Waals surface area contributed by atoms with E-state index in [0.29, 0.717) is 17.1 Å². The van der Waals surface area contributed by atoms with Crippen LogP contribution in [0.3, 0.4) is 0 Å². The normalized spacial score (nSPS) is 11.5. The number of halogens is 1. The van der Waals surface area contributed by atoms with Gasteiger partial charge in [0.2, 0.25) is 5.91 Å². The summed E-state index contributed by atoms with van der Waals surface area (Å²) in [5.74, 6) is -1.94. The first kappa shape index (κ1) is 18.1. The highest BCUT2D eigenvalue weighted by Gasteiger charge is 2.22. The van der Waals surface area contributed by atoms with Gasteiger partial charge in [-0.05, 0) is 35.9 Å². The number of carboxylic acid groups (broad SMARTS) is 1. The molecule has 0 radical (unpaired) electrons. The fraction of sp³-hybridized carbons (Fsp3) is 0.176. The first-order valence-electron chi connectivity index (χ1n) is 7.17. The Morgan fingerprint density at radius 1 is 1.12 bits per heavy atom. The van der Waals surface area contributed by atoms with Gasteiger partial charge in [0.1, 0.15) is 5.82 Å². The van der Waals surface area contributed by atoms with Crippen LogP contribution in [0.4, 0.5) is 10.1 Å². The molecule has 132 valence electrons. The van der Waals surface area contributed by atoms with E-state index in [1.54, 1.807) is 12.1 Å². The second kappa shape index (κ2) is 7.52. The Balaban J connectivity index is 2.40. The topological polar surface area (TPSA) is 111 Å². The van der Waals surface area contributed by atoms with Gasteiger partial charge in [-0.1, -0.05) is 6.07 Å². The highest BCUT2D eigenvalue weighted by molar-refractivity contribution is 5.94. The predicted molar refractivity (Wildman–Crippen MR) is 88.5 cm³/mol. The smallest absolute Gasteiger partial charge is 0.330 e. The Morgan fingerprint density at radius 3 is 2.36 bits per heavy atom. The van der Waals surface area contributed by atoms with Crippen molar-refractivity contribution < 1.29 is 28.6 Å². The van der Waals surface area contributed by atoms with Crippen molar-refractivity contribution >= 4 is 17.6 Å². The number of ether oxygens (including phenoxy) is 2. The quantitative estimate of drug-likeness (QED) is 0.707. The summed E-state index contributed by atoms with van der Waals surface area (Å²) in [5, 5.41) is 12.2. The number of hydrogen-bond donors (Lipinski definition) is 3. The Kier molecular flexibility index (Phi) is 5.43. The molecule has 0 saturated carbocycles. The van der Waals surface area contributed by atoms with Crippen LogP contribution < -0.4 is 20.5 Å². The maximum absolute atomic E-state index is 13.6. The van der Waals surface area contributed by atoms with Crippen LogP contribution in [0.5, 0.6) is 11.5 Å². The number of methoxy groups -OCH3 is 2. The van der Waals surface area contributed by atoms with Crippen molar-refractivity contribution in [2.45, 2.75) is 6.04 Å². The number of benzene rings is 2. The van der Waals surface area contributed by atoms with Gasteiger partial charge in [0.05, 0.1) is 14.2 Å². The molecule has 2 aromatic carbocycles. The molecular formula is C17H17FN2O5. The van der Waals surface area contributed by atoms with Crippen LogP contribution in [0.25, 0.3) is 0 Å². The lowest BCUT2D eigenvalue weighted by atomic mass is 10.1. The molecular weight excluding hydrogens is 331 g/mol. The number of carboxylic acids is 1. The van der Waals surface area contributed by atoms with Crippen molar-refractivity contribution in [2.75, 3.05) is 19.5 Å². The van der Waals surface area contributed by atoms with Crippen molar-refractivity contribution in [3.05, 3.63) is 53.3 Å². The Morgan fingerprint density at radius 2 is 1.80 bits per heavy atom. The maximum Gasteiger partial charge on any atom is 0.330 e. The van der Waals surface area contributed by atoms with E-state index in [9.17, 15) is 19.1 Å². The van der Waals surface area contributed by atoms with E-state index in [4.69, 9.17) is 15.2 Å². The standard InChI is InChI=1S/C17H17FN2O5/c1-24-13-4-3-9(7-14(13)25-2)15(17(22)23)20-12-6-10(16(19)21)5-11(18)8-12/h3-8,15,20H,1-2H3,(H2,19,21)(H,22,23). The van der Waals surface area contributed by atoms with Gasteiger partial charge in [-0.25, -0.2) is 9.18 Å². The number of carbonyl (C=O) groups is 2. The Labute approximate surface area is 143 Å². The van der Waals surface area contributed by atoms with Crippen molar-refractivity contribution in [1.29, 1.82) is 0 Å². The average molecular weight is 348 g/mol. The van der Waals surface area contributed by atoms with Gasteiger partial charge in [-0.15, -0.1) is 0 Å². The van der Waals surface area contributed by atoms with Crippen LogP contribution >= 0.6 is 0 Å². The lowest BCUT2D eigenvalue weighted by molar-refractivity contribution is -0.138. The number of primary amides is 1. The summed E-state index contributed by atoms with van der Waals surface area (Å²) in [6.45, 7) is 0. The minimum absolute atomic E-state index is 0.0704. The molecule has 0 bridgehead atoms. The number of nitrogens with one attached hydrogen (secondary N) is 1. The molecule has 0 aromatic heterocycles. The minimum Gasteiger partial charge on any atom is -0.493 e. The number of hydrogen-bond acceptors (Lipinski definition) is 5. The third-order valence-corrected chi connectivity index (χ3v) is 3.48. The van der Waals surface area contributed by atoms with Gasteiger partial charge >= 0.3 is 5.97 Å². The van der Waals surface area contributed by atoms with Crippen LogP contribution in [-0.4, -0.2) is 31.2 Å². The molecule has 0 aliphatic rings. The molecule has 1 atom stereocenters. The fourth-order valence-electron chi connectivity index (χ4n) is 2.30. The van der Waals surface area contributed by atoms with Gasteiger partial charge in [0.15, 0.2) is 17.5 Å². The van der Waals surface area contributed by atoms with Gasteiger partial charge < -0.3 is 25.6 Å². The number of aliphatic carboxylic acids is 1. The summed E-state index contributed by atoms with van der Waals surface area (Å²) in [7, 11) is 2.89. The molecule has 8 heteroatoms. The highest BCUT2D eigenvalue weighted by atomic mass is 19.1. The molecule has 1 amide bonds. The summed E-state index contributed by atoms with van der Waals surface area (Å²) in [6.07, 6.45) is 0. The first-order chi connectivity index (χ1) is 11.8. The molecule has 0 spiro atoms. The van der Waals surface area contributed by atoms with E-state index in [0.717, 1.165) is 12.1 Å². The number of rotatable bonds is 7. The van der Waals surface area contributed by atoms with Crippen molar-refractivity contribution in [3.8, 4) is 11.5 Å². The monoisotopic (exact) mass is 348 g/mol. The summed E-state index contributed by atoms with van der Waals surface area (Å²) in [6, 6.07) is 6.72. The molecule has 2 rings (SSSR count). The highest BCUT2D eigenvalue weighted by Crippen LogP contribution is 2.31. The van der Waals surface area contributed by atoms with Gasteiger partial charge in [-0.2, -0.15) is 0 Å². The molecule has 25 heavy (non-hydrogen) atoms. The number of carbonyl (C=O) groups excluding carboxylic acids is 1. The lowest BCUT2D eigenvalue weighted by Crippen LogP contribution is -2.21. The first-order valence-corrected chi connectivity index (χ1v) is 7.17. The number of nitrogens with two attached hydrogens (primary N) is 1. The van der Waals surface area contributed by atoms with Crippen LogP contribution in [0.15, 0.2) is 36.4 Å². The second-order valence-electron chi connectivity index (χ2n) is 5.12. The lowest BCUT2D eigenvalue weighted by Gasteiger charge is -2.18. The zero-order chi connectivity index (χ0) is 18.6. The van der Waals surface area contributed by atoms with Crippen molar-refractivity contribution in [3.63, 3.8) is 0 Å². The Hall–Kier alpha value is -3.29. The van der Waals surface area contributed by atoms with Crippen LogP contribution in [0, 0.1) is 5.82 Å². The third kappa shape index (κ3) is 4.17. The second-order valence-corrected chi connectivity index (χ2v) is 5.12. The van der Waals surface area contributed by atoms with Gasteiger partial charge in [0, 0.05) is 11.3 Å². The van der Waals surface area contributed by atoms with E-state index in [1.807, 2.05) is 0 Å². The largest absolute Gasteiger partial charge is 0.493 e. The maximum atomic E-state index is 13.6. The molecule has 0 fully saturated rings. The van der Waals surface area contributed by atoms with E-state index >= 15 is 0 Å². The van der Waals surface area contributed by atoms with E-state index in [1.165, 1.54) is 26.4 Å². The molecule has 0 saturated heterocycles. The van der Waals surface area contributed by atoms with Crippen LogP contribution in [0.1, 0.15) is 22.0 Å². The minimum atomic E-state index is -1.21. The zero-order valence-electron chi connectivity index (χ0n) is 13.6. The molecule has 7 nitrogen and oxygen atoms in total. The summed E-state index contributed by atoms with van der Waals surface area (Å²) in [4.78, 5) is 22.9. The SMILES string of the molecule is COc1ccc(C(Nc2cc(F)cc(C(N)=O)c2)C(=O)O)cc1OC. The van der Waals surface area contributed by atoms with Gasteiger partial charge in [0.25, 0.3) is 0 Å². The molecule has 2 aromatic rings. The van der Waals surface area contributed by atoms with Crippen molar-refractivity contribution in [1.82, 2.24) is 0 Å². The molecule has 0 aliphatic carbocycles. The summed E-state index contributed by atoms with van der Waals surface area (Å²) < 4.78 is 23.9. The Bertz CT molecular complexity index is 810. The third-order valence-electron chi connectivity index (χ3n) is 3.48. The van der Waals surface area contributed by atoms with Gasteiger partial charge in [-0.3, -0.25) is 4.79 Å². The number of amides is 1. The predicted octanol–water partition coefficient (Wildman–Crippen LogP) is 2.18. The van der Waals surface area contributed by atoms with E-state index < -0.39 is 23.7 Å². The average Bonchev–Trinajstić information content (AvgIpc) is 2.58. The zero-order valence-corrected chi connectivity index (χ0v) is 13.6. The summed E-state index contributed by atoms with van der Waals surface area (Å²) in [5.41, 5.74) is 5.54. The molecule has 0 aliphatic heterocycles. The summed E-state index contributed by atoms with van der Waals surface area (Å²) >= 11 is 0. The molecule has 0 heterocycles. The van der Waals surface area contributed by atoms with Crippen LogP contribution in [0.2, 0.25) is 0 Å². The van der Waals surface area contributed by atoms with E-state index in [2.05, 4.69) is 5.32 Å². The fourth-order valence-corrected chi connectivity index (χ4v) is 2.30. The molecule has 4 N–H and O–H groups in total.